The molecule has 2 rings (SSSR count). The van der Waals surface area contributed by atoms with Gasteiger partial charge in [0.25, 0.3) is 15.9 Å². The van der Waals surface area contributed by atoms with Crippen molar-refractivity contribution in [1.82, 2.24) is 9.88 Å². The quantitative estimate of drug-likeness (QED) is 0.837. The van der Waals surface area contributed by atoms with Crippen LogP contribution in [0.2, 0.25) is 0 Å². The van der Waals surface area contributed by atoms with Gasteiger partial charge in [-0.25, -0.2) is 18.5 Å². The summed E-state index contributed by atoms with van der Waals surface area (Å²) in [6, 6.07) is 1.20. The third kappa shape index (κ3) is 3.21. The zero-order valence-corrected chi connectivity index (χ0v) is 11.5. The summed E-state index contributed by atoms with van der Waals surface area (Å²) in [5.41, 5.74) is 0.226. The van der Waals surface area contributed by atoms with Crippen molar-refractivity contribution >= 4 is 15.9 Å². The molecule has 1 aromatic heterocycles. The van der Waals surface area contributed by atoms with Crippen LogP contribution >= 0.6 is 0 Å². The van der Waals surface area contributed by atoms with E-state index in [1.165, 1.54) is 17.2 Å². The van der Waals surface area contributed by atoms with Crippen LogP contribution in [0.25, 0.3) is 0 Å². The number of primary sulfonamides is 1. The van der Waals surface area contributed by atoms with Gasteiger partial charge in [-0.05, 0) is 12.8 Å². The molecule has 0 atom stereocenters. The van der Waals surface area contributed by atoms with Crippen LogP contribution in [0.1, 0.15) is 23.2 Å². The van der Waals surface area contributed by atoms with Gasteiger partial charge in [-0.15, -0.1) is 0 Å². The van der Waals surface area contributed by atoms with E-state index in [1.54, 1.807) is 14.1 Å². The second kappa shape index (κ2) is 4.78. The fourth-order valence-corrected chi connectivity index (χ4v) is 1.91. The average Bonchev–Trinajstić information content (AvgIpc) is 3.10. The standard InChI is InChI=1S/C11H15N3O4S/c1-14(2)11(15)8-6-13-10(19(12,16)17)5-9(8)18-7-3-4-7/h5-7H,3-4H2,1-2H3,(H2,12,16,17). The molecule has 1 aliphatic rings. The number of carbonyl (C=O) groups excluding carboxylic acids is 1. The fraction of sp³-hybridized carbons (Fsp3) is 0.455. The lowest BCUT2D eigenvalue weighted by atomic mass is 10.2. The molecule has 0 spiro atoms. The predicted molar refractivity (Wildman–Crippen MR) is 67.3 cm³/mol. The van der Waals surface area contributed by atoms with Gasteiger partial charge >= 0.3 is 0 Å². The van der Waals surface area contributed by atoms with Crippen LogP contribution < -0.4 is 9.88 Å². The van der Waals surface area contributed by atoms with Crippen molar-refractivity contribution in [3.63, 3.8) is 0 Å². The first-order chi connectivity index (χ1) is 8.79. The number of hydrogen-bond acceptors (Lipinski definition) is 5. The summed E-state index contributed by atoms with van der Waals surface area (Å²) in [5.74, 6) is -0.0932. The molecule has 1 aliphatic carbocycles. The molecule has 0 radical (unpaired) electrons. The van der Waals surface area contributed by atoms with E-state index in [-0.39, 0.29) is 28.4 Å². The highest BCUT2D eigenvalue weighted by Crippen LogP contribution is 2.30. The highest BCUT2D eigenvalue weighted by atomic mass is 32.2. The van der Waals surface area contributed by atoms with Crippen LogP contribution in [-0.4, -0.2) is 44.4 Å². The van der Waals surface area contributed by atoms with Gasteiger partial charge in [-0.3, -0.25) is 4.79 Å². The number of hydrogen-bond donors (Lipinski definition) is 1. The maximum absolute atomic E-state index is 12.0. The molecule has 0 aliphatic heterocycles. The van der Waals surface area contributed by atoms with Gasteiger partial charge in [-0.1, -0.05) is 0 Å². The Bertz CT molecular complexity index is 608. The van der Waals surface area contributed by atoms with Gasteiger partial charge in [0.15, 0.2) is 5.03 Å². The molecule has 1 amide bonds. The molecule has 19 heavy (non-hydrogen) atoms. The smallest absolute Gasteiger partial charge is 0.258 e. The summed E-state index contributed by atoms with van der Waals surface area (Å²) in [6.07, 6.45) is 3.00. The Hall–Kier alpha value is -1.67. The van der Waals surface area contributed by atoms with Crippen LogP contribution in [0.5, 0.6) is 5.75 Å². The highest BCUT2D eigenvalue weighted by molar-refractivity contribution is 7.89. The first-order valence-electron chi connectivity index (χ1n) is 5.70. The van der Waals surface area contributed by atoms with Gasteiger partial charge in [0.2, 0.25) is 0 Å². The Labute approximate surface area is 111 Å². The largest absolute Gasteiger partial charge is 0.489 e. The molecule has 8 heteroatoms. The Morgan fingerprint density at radius 1 is 1.47 bits per heavy atom. The summed E-state index contributed by atoms with van der Waals surface area (Å²) in [5, 5.41) is 4.71. The molecular weight excluding hydrogens is 270 g/mol. The molecule has 0 aromatic carbocycles. The zero-order chi connectivity index (χ0) is 14.2. The van der Waals surface area contributed by atoms with Crippen molar-refractivity contribution in [2.45, 2.75) is 24.0 Å². The molecule has 2 N–H and O–H groups in total. The molecule has 104 valence electrons. The van der Waals surface area contributed by atoms with Crippen molar-refractivity contribution in [3.05, 3.63) is 17.8 Å². The van der Waals surface area contributed by atoms with Crippen LogP contribution in [0.4, 0.5) is 0 Å². The summed E-state index contributed by atoms with van der Waals surface area (Å²) < 4.78 is 28.1. The summed E-state index contributed by atoms with van der Waals surface area (Å²) in [6.45, 7) is 0. The van der Waals surface area contributed by atoms with E-state index in [2.05, 4.69) is 4.98 Å². The maximum atomic E-state index is 12.0. The number of rotatable bonds is 4. The molecule has 0 saturated heterocycles. The van der Waals surface area contributed by atoms with E-state index in [4.69, 9.17) is 9.88 Å². The van der Waals surface area contributed by atoms with Gasteiger partial charge in [-0.2, -0.15) is 0 Å². The minimum Gasteiger partial charge on any atom is -0.489 e. The first kappa shape index (κ1) is 13.8. The van der Waals surface area contributed by atoms with E-state index in [9.17, 15) is 13.2 Å². The number of carbonyl (C=O) groups is 1. The van der Waals surface area contributed by atoms with Crippen LogP contribution in [0.3, 0.4) is 0 Å². The first-order valence-corrected chi connectivity index (χ1v) is 7.25. The second-order valence-electron chi connectivity index (χ2n) is 4.58. The van der Waals surface area contributed by atoms with Gasteiger partial charge in [0, 0.05) is 26.4 Å². The Balaban J connectivity index is 2.44. The Morgan fingerprint density at radius 2 is 2.11 bits per heavy atom. The van der Waals surface area contributed by atoms with E-state index in [1.807, 2.05) is 0 Å². The summed E-state index contributed by atoms with van der Waals surface area (Å²) >= 11 is 0. The van der Waals surface area contributed by atoms with Crippen molar-refractivity contribution in [2.24, 2.45) is 5.14 Å². The number of nitrogens with zero attached hydrogens (tertiary/aromatic N) is 2. The highest BCUT2D eigenvalue weighted by Gasteiger charge is 2.27. The summed E-state index contributed by atoms with van der Waals surface area (Å²) in [7, 11) is -0.731. The minimum atomic E-state index is -3.92. The zero-order valence-electron chi connectivity index (χ0n) is 10.7. The number of sulfonamides is 1. The second-order valence-corrected chi connectivity index (χ2v) is 6.09. The van der Waals surface area contributed by atoms with Crippen LogP contribution in [-0.2, 0) is 10.0 Å². The van der Waals surface area contributed by atoms with Crippen LogP contribution in [0.15, 0.2) is 17.3 Å². The van der Waals surface area contributed by atoms with Crippen LogP contribution in [0, 0.1) is 0 Å². The fourth-order valence-electron chi connectivity index (χ4n) is 1.44. The molecule has 1 saturated carbocycles. The lowest BCUT2D eigenvalue weighted by molar-refractivity contribution is 0.0822. The third-order valence-corrected chi connectivity index (χ3v) is 3.39. The Kier molecular flexibility index (Phi) is 3.46. The van der Waals surface area contributed by atoms with Gasteiger partial charge in [0.05, 0.1) is 11.7 Å². The molecule has 0 unspecified atom stereocenters. The van der Waals surface area contributed by atoms with E-state index < -0.39 is 10.0 Å². The number of nitrogens with two attached hydrogens (primary N) is 1. The molecule has 7 nitrogen and oxygen atoms in total. The van der Waals surface area contributed by atoms with Gasteiger partial charge < -0.3 is 9.64 Å². The lowest BCUT2D eigenvalue weighted by Crippen LogP contribution is -2.23. The lowest BCUT2D eigenvalue weighted by Gasteiger charge is -2.14. The van der Waals surface area contributed by atoms with Crippen molar-refractivity contribution in [2.75, 3.05) is 14.1 Å². The van der Waals surface area contributed by atoms with Crippen molar-refractivity contribution in [3.8, 4) is 5.75 Å². The third-order valence-electron chi connectivity index (χ3n) is 2.59. The number of amides is 1. The monoisotopic (exact) mass is 285 g/mol. The predicted octanol–water partition coefficient (Wildman–Crippen LogP) is -0.0280. The topological polar surface area (TPSA) is 103 Å². The van der Waals surface area contributed by atoms with Gasteiger partial charge in [0.1, 0.15) is 5.75 Å². The van der Waals surface area contributed by atoms with E-state index >= 15 is 0 Å². The molecule has 1 aromatic rings. The summed E-state index contributed by atoms with van der Waals surface area (Å²) in [4.78, 5) is 17.0. The maximum Gasteiger partial charge on any atom is 0.258 e. The van der Waals surface area contributed by atoms with E-state index in [0.717, 1.165) is 12.8 Å². The molecule has 0 bridgehead atoms. The van der Waals surface area contributed by atoms with Crippen molar-refractivity contribution in [1.29, 1.82) is 0 Å². The minimum absolute atomic E-state index is 0.0319. The van der Waals surface area contributed by atoms with Crippen molar-refractivity contribution < 1.29 is 17.9 Å². The van der Waals surface area contributed by atoms with E-state index in [0.29, 0.717) is 0 Å². The SMILES string of the molecule is CN(C)C(=O)c1cnc(S(N)(=O)=O)cc1OC1CC1. The Morgan fingerprint density at radius 3 is 2.58 bits per heavy atom. The number of pyridine rings is 1. The number of aromatic nitrogens is 1. The molecule has 1 fully saturated rings. The molecular formula is C11H15N3O4S. The number of ether oxygens (including phenoxy) is 1. The average molecular weight is 285 g/mol. The molecule has 1 heterocycles. The normalized spacial score (nSPS) is 15.1.